The number of carbonyl (C=O) groups excluding carboxylic acids is 1. The second-order valence-corrected chi connectivity index (χ2v) is 6.22. The number of ether oxygens (including phenoxy) is 2. The molecule has 0 aliphatic heterocycles. The molecule has 1 aliphatic carbocycles. The first-order chi connectivity index (χ1) is 11.6. The first-order valence-electron chi connectivity index (χ1n) is 7.94. The van der Waals surface area contributed by atoms with E-state index in [4.69, 9.17) is 21.1 Å². The highest BCUT2D eigenvalue weighted by atomic mass is 35.5. The average Bonchev–Trinajstić information content (AvgIpc) is 2.61. The quantitative estimate of drug-likeness (QED) is 0.904. The van der Waals surface area contributed by atoms with E-state index in [0.717, 1.165) is 19.3 Å². The summed E-state index contributed by atoms with van der Waals surface area (Å²) in [5.41, 5.74) is 2.96. The summed E-state index contributed by atoms with van der Waals surface area (Å²) in [4.78, 5) is 12.7. The van der Waals surface area contributed by atoms with E-state index in [1.54, 1.807) is 12.1 Å². The summed E-state index contributed by atoms with van der Waals surface area (Å²) in [5.74, 6) is 0.706. The Balaban J connectivity index is 1.85. The van der Waals surface area contributed by atoms with Gasteiger partial charge in [0.15, 0.2) is 11.5 Å². The van der Waals surface area contributed by atoms with Crippen molar-refractivity contribution in [3.63, 3.8) is 0 Å². The van der Waals surface area contributed by atoms with Gasteiger partial charge in [0.1, 0.15) is 0 Å². The number of fused-ring (bicyclic) bond motifs is 1. The monoisotopic (exact) mass is 345 g/mol. The fraction of sp³-hybridized carbons (Fsp3) is 0.316. The van der Waals surface area contributed by atoms with E-state index in [2.05, 4.69) is 17.4 Å². The molecule has 0 radical (unpaired) electrons. The largest absolute Gasteiger partial charge is 0.493 e. The molecule has 2 aromatic carbocycles. The van der Waals surface area contributed by atoms with Crippen LogP contribution >= 0.6 is 11.6 Å². The standard InChI is InChI=1S/C19H20ClNO3/c1-23-17-11-13(10-15(20)18(17)24-2)19(22)21-16-9-5-7-12-6-3-4-8-14(12)16/h3-4,6,8,10-11,16H,5,7,9H2,1-2H3,(H,21,22)/t16-/m0/s1. The predicted octanol–water partition coefficient (Wildman–Crippen LogP) is 4.16. The Morgan fingerprint density at radius 2 is 2.00 bits per heavy atom. The SMILES string of the molecule is COc1cc(C(=O)N[C@H]2CCCc3ccccc32)cc(Cl)c1OC. The molecule has 1 aliphatic rings. The number of methoxy groups -OCH3 is 2. The van der Waals surface area contributed by atoms with Crippen LogP contribution in [0.3, 0.4) is 0 Å². The molecular formula is C19H20ClNO3. The Labute approximate surface area is 146 Å². The minimum atomic E-state index is -0.167. The maximum Gasteiger partial charge on any atom is 0.251 e. The van der Waals surface area contributed by atoms with E-state index in [9.17, 15) is 4.79 Å². The molecule has 0 heterocycles. The Kier molecular flexibility index (Phi) is 4.95. The molecule has 0 unspecified atom stereocenters. The van der Waals surface area contributed by atoms with Crippen molar-refractivity contribution in [3.05, 3.63) is 58.1 Å². The average molecular weight is 346 g/mol. The third kappa shape index (κ3) is 3.20. The van der Waals surface area contributed by atoms with Gasteiger partial charge in [-0.05, 0) is 42.5 Å². The number of rotatable bonds is 4. The first-order valence-corrected chi connectivity index (χ1v) is 8.32. The van der Waals surface area contributed by atoms with Crippen LogP contribution < -0.4 is 14.8 Å². The lowest BCUT2D eigenvalue weighted by molar-refractivity contribution is 0.0932. The molecule has 1 amide bonds. The third-order valence-electron chi connectivity index (χ3n) is 4.37. The van der Waals surface area contributed by atoms with Crippen LogP contribution in [0.5, 0.6) is 11.5 Å². The van der Waals surface area contributed by atoms with Crippen molar-refractivity contribution in [2.45, 2.75) is 25.3 Å². The molecular weight excluding hydrogens is 326 g/mol. The second kappa shape index (κ2) is 7.14. The number of aryl methyl sites for hydroxylation is 1. The van der Waals surface area contributed by atoms with E-state index >= 15 is 0 Å². The Hall–Kier alpha value is -2.20. The van der Waals surface area contributed by atoms with E-state index in [1.165, 1.54) is 25.3 Å². The normalized spacial score (nSPS) is 16.2. The van der Waals surface area contributed by atoms with Gasteiger partial charge in [-0.25, -0.2) is 0 Å². The lowest BCUT2D eigenvalue weighted by Crippen LogP contribution is -2.31. The zero-order chi connectivity index (χ0) is 17.1. The highest BCUT2D eigenvalue weighted by Crippen LogP contribution is 2.36. The van der Waals surface area contributed by atoms with Crippen molar-refractivity contribution >= 4 is 17.5 Å². The molecule has 5 heteroatoms. The van der Waals surface area contributed by atoms with Gasteiger partial charge in [0.25, 0.3) is 5.91 Å². The minimum Gasteiger partial charge on any atom is -0.493 e. The number of hydrogen-bond acceptors (Lipinski definition) is 3. The molecule has 0 aromatic heterocycles. The summed E-state index contributed by atoms with van der Waals surface area (Å²) in [7, 11) is 3.04. The molecule has 1 N–H and O–H groups in total. The maximum atomic E-state index is 12.7. The molecule has 2 aromatic rings. The number of carbonyl (C=O) groups is 1. The number of nitrogens with one attached hydrogen (secondary N) is 1. The topological polar surface area (TPSA) is 47.6 Å². The van der Waals surface area contributed by atoms with Gasteiger partial charge >= 0.3 is 0 Å². The first kappa shape index (κ1) is 16.7. The van der Waals surface area contributed by atoms with Gasteiger partial charge < -0.3 is 14.8 Å². The lowest BCUT2D eigenvalue weighted by atomic mass is 9.87. The summed E-state index contributed by atoms with van der Waals surface area (Å²) in [6.07, 6.45) is 3.06. The highest BCUT2D eigenvalue weighted by Gasteiger charge is 2.23. The van der Waals surface area contributed by atoms with Crippen LogP contribution in [-0.2, 0) is 6.42 Å². The van der Waals surface area contributed by atoms with Gasteiger partial charge in [-0.3, -0.25) is 4.79 Å². The van der Waals surface area contributed by atoms with Crippen molar-refractivity contribution in [2.75, 3.05) is 14.2 Å². The van der Waals surface area contributed by atoms with Crippen LogP contribution in [0.4, 0.5) is 0 Å². The molecule has 0 spiro atoms. The van der Waals surface area contributed by atoms with Gasteiger partial charge in [0.2, 0.25) is 0 Å². The van der Waals surface area contributed by atoms with Crippen LogP contribution in [0, 0.1) is 0 Å². The summed E-state index contributed by atoms with van der Waals surface area (Å²) in [6, 6.07) is 11.5. The smallest absolute Gasteiger partial charge is 0.251 e. The van der Waals surface area contributed by atoms with Crippen molar-refractivity contribution in [1.82, 2.24) is 5.32 Å². The zero-order valence-electron chi connectivity index (χ0n) is 13.8. The summed E-state index contributed by atoms with van der Waals surface area (Å²) in [6.45, 7) is 0. The van der Waals surface area contributed by atoms with Crippen LogP contribution in [0.2, 0.25) is 5.02 Å². The number of amides is 1. The lowest BCUT2D eigenvalue weighted by Gasteiger charge is -2.26. The Morgan fingerprint density at radius 1 is 1.21 bits per heavy atom. The van der Waals surface area contributed by atoms with E-state index < -0.39 is 0 Å². The summed E-state index contributed by atoms with van der Waals surface area (Å²) >= 11 is 6.20. The van der Waals surface area contributed by atoms with Gasteiger partial charge in [0.05, 0.1) is 25.3 Å². The van der Waals surface area contributed by atoms with Crippen LogP contribution in [0.1, 0.15) is 40.4 Å². The van der Waals surface area contributed by atoms with Crippen LogP contribution in [0.25, 0.3) is 0 Å². The number of hydrogen-bond donors (Lipinski definition) is 1. The Morgan fingerprint density at radius 3 is 2.75 bits per heavy atom. The molecule has 4 nitrogen and oxygen atoms in total. The van der Waals surface area contributed by atoms with Crippen molar-refractivity contribution < 1.29 is 14.3 Å². The number of halogens is 1. The molecule has 0 saturated heterocycles. The minimum absolute atomic E-state index is 0.0225. The fourth-order valence-corrected chi connectivity index (χ4v) is 3.48. The van der Waals surface area contributed by atoms with Crippen molar-refractivity contribution in [1.29, 1.82) is 0 Å². The summed E-state index contributed by atoms with van der Waals surface area (Å²) < 4.78 is 10.5. The van der Waals surface area contributed by atoms with E-state index in [-0.39, 0.29) is 11.9 Å². The zero-order valence-corrected chi connectivity index (χ0v) is 14.5. The van der Waals surface area contributed by atoms with Crippen LogP contribution in [0.15, 0.2) is 36.4 Å². The molecule has 1 atom stereocenters. The maximum absolute atomic E-state index is 12.7. The van der Waals surface area contributed by atoms with E-state index in [1.807, 2.05) is 12.1 Å². The fourth-order valence-electron chi connectivity index (χ4n) is 3.19. The van der Waals surface area contributed by atoms with Gasteiger partial charge in [-0.2, -0.15) is 0 Å². The summed E-state index contributed by atoms with van der Waals surface area (Å²) in [5, 5.41) is 3.47. The van der Waals surface area contributed by atoms with Crippen molar-refractivity contribution in [3.8, 4) is 11.5 Å². The molecule has 0 fully saturated rings. The van der Waals surface area contributed by atoms with Crippen molar-refractivity contribution in [2.24, 2.45) is 0 Å². The predicted molar refractivity (Wildman–Crippen MR) is 94.1 cm³/mol. The van der Waals surface area contributed by atoms with Gasteiger partial charge in [-0.1, -0.05) is 35.9 Å². The highest BCUT2D eigenvalue weighted by molar-refractivity contribution is 6.32. The molecule has 0 bridgehead atoms. The molecule has 0 saturated carbocycles. The van der Waals surface area contributed by atoms with Crippen LogP contribution in [-0.4, -0.2) is 20.1 Å². The van der Waals surface area contributed by atoms with E-state index in [0.29, 0.717) is 22.1 Å². The molecule has 24 heavy (non-hydrogen) atoms. The number of benzene rings is 2. The Bertz CT molecular complexity index is 760. The third-order valence-corrected chi connectivity index (χ3v) is 4.65. The van der Waals surface area contributed by atoms with Gasteiger partial charge in [0, 0.05) is 5.56 Å². The van der Waals surface area contributed by atoms with Gasteiger partial charge in [-0.15, -0.1) is 0 Å². The molecule has 126 valence electrons. The second-order valence-electron chi connectivity index (χ2n) is 5.81. The molecule has 3 rings (SSSR count).